The second-order valence-corrected chi connectivity index (χ2v) is 7.69. The van der Waals surface area contributed by atoms with Gasteiger partial charge in [0.15, 0.2) is 0 Å². The molecule has 2 aromatic rings. The van der Waals surface area contributed by atoms with Gasteiger partial charge in [-0.2, -0.15) is 0 Å². The molecule has 0 bridgehead atoms. The van der Waals surface area contributed by atoms with Crippen LogP contribution in [0.15, 0.2) is 48.5 Å². The van der Waals surface area contributed by atoms with Crippen molar-refractivity contribution >= 4 is 0 Å². The van der Waals surface area contributed by atoms with Gasteiger partial charge in [0.25, 0.3) is 0 Å². The summed E-state index contributed by atoms with van der Waals surface area (Å²) in [6.45, 7) is 1.76. The van der Waals surface area contributed by atoms with Gasteiger partial charge in [0.2, 0.25) is 5.79 Å². The van der Waals surface area contributed by atoms with E-state index in [-0.39, 0.29) is 6.04 Å². The van der Waals surface area contributed by atoms with Crippen molar-refractivity contribution in [1.82, 2.24) is 4.90 Å². The molecule has 5 nitrogen and oxygen atoms in total. The highest BCUT2D eigenvalue weighted by Crippen LogP contribution is 2.57. The summed E-state index contributed by atoms with van der Waals surface area (Å²) >= 11 is 0. The van der Waals surface area contributed by atoms with Crippen LogP contribution in [0.1, 0.15) is 36.4 Å². The molecule has 0 radical (unpaired) electrons. The van der Waals surface area contributed by atoms with Gasteiger partial charge in [0.1, 0.15) is 23.6 Å². The molecule has 142 valence electrons. The fourth-order valence-electron chi connectivity index (χ4n) is 5.14. The van der Waals surface area contributed by atoms with Gasteiger partial charge in [-0.05, 0) is 43.5 Å². The zero-order chi connectivity index (χ0) is 18.5. The number of fused-ring (bicyclic) bond motifs is 2. The van der Waals surface area contributed by atoms with Crippen LogP contribution < -0.4 is 9.47 Å². The summed E-state index contributed by atoms with van der Waals surface area (Å²) in [6.07, 6.45) is 2.97. The zero-order valence-electron chi connectivity index (χ0n) is 15.6. The Hall–Kier alpha value is -2.08. The van der Waals surface area contributed by atoms with E-state index in [1.54, 1.807) is 7.11 Å². The summed E-state index contributed by atoms with van der Waals surface area (Å²) in [5.74, 6) is -0.192. The molecule has 2 fully saturated rings. The Morgan fingerprint density at radius 1 is 1.11 bits per heavy atom. The zero-order valence-corrected chi connectivity index (χ0v) is 15.6. The molecule has 3 atom stereocenters. The highest BCUT2D eigenvalue weighted by molar-refractivity contribution is 5.51. The molecule has 2 saturated heterocycles. The van der Waals surface area contributed by atoms with E-state index in [4.69, 9.17) is 14.2 Å². The number of hydrogen-bond donors (Lipinski definition) is 1. The SMILES string of the molecule is COc1cccc2c1[C@@]1(O)OC[C@H](c3ccccc3)N3CCCC[C@@]31CO2. The van der Waals surface area contributed by atoms with Crippen molar-refractivity contribution in [2.24, 2.45) is 0 Å². The fraction of sp³-hybridized carbons (Fsp3) is 0.455. The summed E-state index contributed by atoms with van der Waals surface area (Å²) in [5, 5.41) is 12.0. The van der Waals surface area contributed by atoms with Crippen LogP contribution in [-0.2, 0) is 10.5 Å². The predicted molar refractivity (Wildman–Crippen MR) is 101 cm³/mol. The minimum absolute atomic E-state index is 0.103. The van der Waals surface area contributed by atoms with Crippen LogP contribution in [0, 0.1) is 0 Å². The number of ether oxygens (including phenoxy) is 3. The van der Waals surface area contributed by atoms with E-state index in [2.05, 4.69) is 29.2 Å². The predicted octanol–water partition coefficient (Wildman–Crippen LogP) is 3.23. The number of hydrogen-bond acceptors (Lipinski definition) is 5. The molecule has 5 heteroatoms. The van der Waals surface area contributed by atoms with Crippen LogP contribution in [0.3, 0.4) is 0 Å². The Balaban J connectivity index is 1.66. The van der Waals surface area contributed by atoms with E-state index >= 15 is 0 Å². The molecule has 0 aliphatic carbocycles. The second-order valence-electron chi connectivity index (χ2n) is 7.69. The molecule has 3 heterocycles. The van der Waals surface area contributed by atoms with E-state index in [0.717, 1.165) is 25.8 Å². The highest BCUT2D eigenvalue weighted by atomic mass is 16.6. The molecular formula is C22H25NO4. The van der Waals surface area contributed by atoms with Crippen LogP contribution in [-0.4, -0.2) is 42.4 Å². The van der Waals surface area contributed by atoms with Crippen molar-refractivity contribution in [3.8, 4) is 11.5 Å². The highest BCUT2D eigenvalue weighted by Gasteiger charge is 2.65. The maximum atomic E-state index is 12.0. The molecular weight excluding hydrogens is 342 g/mol. The van der Waals surface area contributed by atoms with E-state index in [1.807, 2.05) is 24.3 Å². The first kappa shape index (κ1) is 17.0. The molecule has 3 aliphatic rings. The molecule has 0 amide bonds. The Morgan fingerprint density at radius 2 is 1.96 bits per heavy atom. The first-order chi connectivity index (χ1) is 13.2. The van der Waals surface area contributed by atoms with Gasteiger partial charge in [0, 0.05) is 0 Å². The van der Waals surface area contributed by atoms with Crippen LogP contribution in [0.4, 0.5) is 0 Å². The molecule has 0 aromatic heterocycles. The molecule has 1 N–H and O–H groups in total. The first-order valence-electron chi connectivity index (χ1n) is 9.68. The summed E-state index contributed by atoms with van der Waals surface area (Å²) < 4.78 is 18.1. The first-order valence-corrected chi connectivity index (χ1v) is 9.68. The van der Waals surface area contributed by atoms with Crippen molar-refractivity contribution in [3.63, 3.8) is 0 Å². The minimum Gasteiger partial charge on any atom is -0.496 e. The van der Waals surface area contributed by atoms with Crippen molar-refractivity contribution in [2.75, 3.05) is 26.9 Å². The number of rotatable bonds is 2. The average molecular weight is 367 g/mol. The lowest BCUT2D eigenvalue weighted by atomic mass is 9.72. The minimum atomic E-state index is -1.45. The normalized spacial score (nSPS) is 32.6. The van der Waals surface area contributed by atoms with Crippen molar-refractivity contribution in [1.29, 1.82) is 0 Å². The number of morpholine rings is 1. The summed E-state index contributed by atoms with van der Waals surface area (Å²) in [7, 11) is 1.62. The monoisotopic (exact) mass is 367 g/mol. The van der Waals surface area contributed by atoms with E-state index in [1.165, 1.54) is 5.56 Å². The summed E-state index contributed by atoms with van der Waals surface area (Å²) in [5.41, 5.74) is 1.22. The molecule has 0 saturated carbocycles. The van der Waals surface area contributed by atoms with Crippen molar-refractivity contribution < 1.29 is 19.3 Å². The standard InChI is InChI=1S/C22H25NO4/c1-25-18-10-7-11-19-20(18)22(24)21(15-26-19)12-5-6-13-23(21)17(14-27-22)16-8-3-2-4-9-16/h2-4,7-11,17,24H,5-6,12-15H2,1H3/t17-,21+,22-/m1/s1. The molecule has 0 unspecified atom stereocenters. The molecule has 3 aliphatic heterocycles. The van der Waals surface area contributed by atoms with Gasteiger partial charge < -0.3 is 19.3 Å². The van der Waals surface area contributed by atoms with Crippen LogP contribution >= 0.6 is 0 Å². The van der Waals surface area contributed by atoms with Gasteiger partial charge in [-0.25, -0.2) is 0 Å². The van der Waals surface area contributed by atoms with Gasteiger partial charge in [-0.3, -0.25) is 4.90 Å². The molecule has 27 heavy (non-hydrogen) atoms. The lowest BCUT2D eigenvalue weighted by molar-refractivity contribution is -0.350. The van der Waals surface area contributed by atoms with E-state index in [9.17, 15) is 5.11 Å². The molecule has 1 spiro atoms. The Kier molecular flexibility index (Phi) is 3.93. The lowest BCUT2D eigenvalue weighted by Crippen LogP contribution is -2.73. The maximum Gasteiger partial charge on any atom is 0.222 e. The topological polar surface area (TPSA) is 51.2 Å². The number of nitrogens with zero attached hydrogens (tertiary/aromatic N) is 1. The summed E-state index contributed by atoms with van der Waals surface area (Å²) in [4.78, 5) is 2.42. The Labute approximate surface area is 159 Å². The Morgan fingerprint density at radius 3 is 2.78 bits per heavy atom. The fourth-order valence-corrected chi connectivity index (χ4v) is 5.14. The van der Waals surface area contributed by atoms with Gasteiger partial charge >= 0.3 is 0 Å². The molecule has 2 aromatic carbocycles. The second kappa shape index (κ2) is 6.23. The maximum absolute atomic E-state index is 12.0. The van der Waals surface area contributed by atoms with E-state index in [0.29, 0.717) is 30.3 Å². The van der Waals surface area contributed by atoms with Crippen molar-refractivity contribution in [2.45, 2.75) is 36.6 Å². The smallest absolute Gasteiger partial charge is 0.222 e. The number of methoxy groups -OCH3 is 1. The number of aliphatic hydroxyl groups is 1. The quantitative estimate of drug-likeness (QED) is 0.883. The summed E-state index contributed by atoms with van der Waals surface area (Å²) in [6, 6.07) is 16.1. The lowest BCUT2D eigenvalue weighted by Gasteiger charge is -2.62. The largest absolute Gasteiger partial charge is 0.496 e. The van der Waals surface area contributed by atoms with Gasteiger partial charge in [-0.1, -0.05) is 36.4 Å². The third kappa shape index (κ3) is 2.29. The van der Waals surface area contributed by atoms with Crippen LogP contribution in [0.5, 0.6) is 11.5 Å². The number of piperidine rings is 1. The van der Waals surface area contributed by atoms with Crippen LogP contribution in [0.25, 0.3) is 0 Å². The van der Waals surface area contributed by atoms with Crippen molar-refractivity contribution in [3.05, 3.63) is 59.7 Å². The Bertz CT molecular complexity index is 827. The van der Waals surface area contributed by atoms with E-state index < -0.39 is 11.3 Å². The van der Waals surface area contributed by atoms with Crippen LogP contribution in [0.2, 0.25) is 0 Å². The number of benzene rings is 2. The third-order valence-corrected chi connectivity index (χ3v) is 6.44. The third-order valence-electron chi connectivity index (χ3n) is 6.44. The average Bonchev–Trinajstić information content (AvgIpc) is 2.73. The molecule has 5 rings (SSSR count). The van der Waals surface area contributed by atoms with Gasteiger partial charge in [0.05, 0.1) is 25.3 Å². The van der Waals surface area contributed by atoms with Gasteiger partial charge in [-0.15, -0.1) is 0 Å².